The second-order valence-corrected chi connectivity index (χ2v) is 11.8. The van der Waals surface area contributed by atoms with Crippen LogP contribution < -0.4 is 21.2 Å². The number of nitrogens with two attached hydrogens (primary N) is 1. The number of aryl methyl sites for hydroxylation is 1. The SMILES string of the molecule is C=CC(=O)N1CC=C(c2ccc3ncnc(Nc4ccc(OC5=CC(N)N(N/C6=C/CCCCCC6)C=C5)c(C)c4)c3c2F)CC1. The van der Waals surface area contributed by atoms with E-state index >= 15 is 4.39 Å². The van der Waals surface area contributed by atoms with Crippen LogP contribution >= 0.6 is 0 Å². The van der Waals surface area contributed by atoms with E-state index in [-0.39, 0.29) is 12.1 Å². The number of carbonyl (C=O) groups excluding carboxylic acids is 1. The summed E-state index contributed by atoms with van der Waals surface area (Å²) in [6, 6.07) is 9.21. The van der Waals surface area contributed by atoms with E-state index in [2.05, 4.69) is 33.4 Å². The lowest BCUT2D eigenvalue weighted by molar-refractivity contribution is -0.125. The predicted molar refractivity (Wildman–Crippen MR) is 180 cm³/mol. The van der Waals surface area contributed by atoms with Crippen LogP contribution in [0.15, 0.2) is 91.3 Å². The number of ether oxygens (including phenoxy) is 1. The number of hydrazine groups is 1. The van der Waals surface area contributed by atoms with Crippen LogP contribution in [0.1, 0.15) is 56.1 Å². The molecule has 0 bridgehead atoms. The first-order valence-corrected chi connectivity index (χ1v) is 15.9. The fourth-order valence-electron chi connectivity index (χ4n) is 6.00. The number of carbonyl (C=O) groups is 1. The molecule has 3 heterocycles. The molecule has 10 heteroatoms. The van der Waals surface area contributed by atoms with Gasteiger partial charge in [-0.05, 0) is 98.7 Å². The lowest BCUT2D eigenvalue weighted by Crippen LogP contribution is -2.47. The van der Waals surface area contributed by atoms with Crippen LogP contribution in [0, 0.1) is 12.7 Å². The summed E-state index contributed by atoms with van der Waals surface area (Å²) >= 11 is 0. The van der Waals surface area contributed by atoms with Crippen LogP contribution in [0.25, 0.3) is 16.5 Å². The number of aromatic nitrogens is 2. The van der Waals surface area contributed by atoms with Gasteiger partial charge in [-0.25, -0.2) is 14.4 Å². The van der Waals surface area contributed by atoms with Gasteiger partial charge in [-0.15, -0.1) is 0 Å². The maximum absolute atomic E-state index is 16.1. The zero-order valence-corrected chi connectivity index (χ0v) is 26.1. The summed E-state index contributed by atoms with van der Waals surface area (Å²) in [5, 5.41) is 5.49. The fraction of sp³-hybridized carbons (Fsp3) is 0.306. The van der Waals surface area contributed by atoms with Gasteiger partial charge in [0.2, 0.25) is 5.91 Å². The minimum Gasteiger partial charge on any atom is -0.457 e. The Hall–Kier alpha value is -4.96. The number of anilines is 2. The van der Waals surface area contributed by atoms with E-state index in [4.69, 9.17) is 10.5 Å². The highest BCUT2D eigenvalue weighted by Gasteiger charge is 2.21. The Morgan fingerprint density at radius 3 is 2.78 bits per heavy atom. The molecule has 2 aliphatic heterocycles. The van der Waals surface area contributed by atoms with E-state index in [1.54, 1.807) is 17.0 Å². The highest BCUT2D eigenvalue weighted by Crippen LogP contribution is 2.34. The van der Waals surface area contributed by atoms with Crippen molar-refractivity contribution in [3.05, 3.63) is 108 Å². The monoisotopic (exact) mass is 621 g/mol. The Bertz CT molecular complexity index is 1760. The molecular weight excluding hydrogens is 581 g/mol. The van der Waals surface area contributed by atoms with Crippen molar-refractivity contribution in [1.29, 1.82) is 0 Å². The van der Waals surface area contributed by atoms with Gasteiger partial charge in [0, 0.05) is 36.2 Å². The van der Waals surface area contributed by atoms with E-state index in [0.29, 0.717) is 53.3 Å². The molecule has 1 aromatic heterocycles. The number of fused-ring (bicyclic) bond motifs is 1. The van der Waals surface area contributed by atoms with E-state index in [0.717, 1.165) is 29.7 Å². The van der Waals surface area contributed by atoms with Gasteiger partial charge < -0.3 is 26.1 Å². The van der Waals surface area contributed by atoms with Crippen LogP contribution in [0.4, 0.5) is 15.9 Å². The molecule has 0 radical (unpaired) electrons. The standard InChI is InChI=1S/C36H40FN7O2/c1-3-33(45)43-18-15-25(16-19-43)29-12-13-30-34(35(29)37)36(40-23-39-30)41-27-11-14-31(24(2)21-27)46-28-17-20-44(32(38)22-28)42-26-9-7-5-4-6-8-10-26/h3,9,11-15,17,20-23,32,42H,1,4-8,10,16,18-19,38H2,2H3,(H,39,40,41)/b26-9+. The lowest BCUT2D eigenvalue weighted by atomic mass is 9.97. The second kappa shape index (κ2) is 14.0. The van der Waals surface area contributed by atoms with E-state index < -0.39 is 5.82 Å². The van der Waals surface area contributed by atoms with Crippen molar-refractivity contribution in [2.24, 2.45) is 5.73 Å². The number of rotatable bonds is 8. The zero-order valence-electron chi connectivity index (χ0n) is 26.1. The lowest BCUT2D eigenvalue weighted by Gasteiger charge is -2.31. The summed E-state index contributed by atoms with van der Waals surface area (Å²) in [4.78, 5) is 22.3. The molecule has 238 valence electrons. The number of hydrogen-bond donors (Lipinski definition) is 3. The number of benzene rings is 2. The topological polar surface area (TPSA) is 109 Å². The highest BCUT2D eigenvalue weighted by atomic mass is 19.1. The molecule has 3 aliphatic rings. The second-order valence-electron chi connectivity index (χ2n) is 11.8. The van der Waals surface area contributed by atoms with Gasteiger partial charge in [-0.2, -0.15) is 0 Å². The summed E-state index contributed by atoms with van der Waals surface area (Å²) in [7, 11) is 0. The third-order valence-corrected chi connectivity index (χ3v) is 8.57. The highest BCUT2D eigenvalue weighted by molar-refractivity contribution is 5.94. The van der Waals surface area contributed by atoms with E-state index in [1.165, 1.54) is 43.8 Å². The largest absolute Gasteiger partial charge is 0.457 e. The predicted octanol–water partition coefficient (Wildman–Crippen LogP) is 6.74. The number of nitrogens with one attached hydrogen (secondary N) is 2. The number of allylic oxidation sites excluding steroid dienone is 3. The maximum atomic E-state index is 16.1. The summed E-state index contributed by atoms with van der Waals surface area (Å²) in [5.41, 5.74) is 14.6. The first-order chi connectivity index (χ1) is 22.4. The molecule has 2 aromatic carbocycles. The third kappa shape index (κ3) is 6.97. The summed E-state index contributed by atoms with van der Waals surface area (Å²) in [6.07, 6.45) is 19.8. The van der Waals surface area contributed by atoms with Gasteiger partial charge in [-0.3, -0.25) is 9.80 Å². The molecule has 6 rings (SSSR count). The summed E-state index contributed by atoms with van der Waals surface area (Å²) in [6.45, 7) is 6.42. The molecule has 1 atom stereocenters. The molecule has 4 N–H and O–H groups in total. The third-order valence-electron chi connectivity index (χ3n) is 8.57. The molecule has 1 aliphatic carbocycles. The minimum absolute atomic E-state index is 0.131. The molecule has 0 spiro atoms. The average Bonchev–Trinajstić information content (AvgIpc) is 3.04. The molecule has 0 saturated carbocycles. The van der Waals surface area contributed by atoms with Crippen molar-refractivity contribution in [2.75, 3.05) is 18.4 Å². The minimum atomic E-state index is -0.395. The Morgan fingerprint density at radius 1 is 1.13 bits per heavy atom. The quantitative estimate of drug-likeness (QED) is 0.237. The van der Waals surface area contributed by atoms with Crippen molar-refractivity contribution < 1.29 is 13.9 Å². The van der Waals surface area contributed by atoms with E-state index in [1.807, 2.05) is 54.6 Å². The van der Waals surface area contributed by atoms with E-state index in [9.17, 15) is 4.79 Å². The maximum Gasteiger partial charge on any atom is 0.246 e. The Labute approximate surface area is 269 Å². The van der Waals surface area contributed by atoms with Crippen LogP contribution in [0.3, 0.4) is 0 Å². The Balaban J connectivity index is 1.15. The number of nitrogens with zero attached hydrogens (tertiary/aromatic N) is 4. The molecule has 0 fully saturated rings. The van der Waals surface area contributed by atoms with Gasteiger partial charge >= 0.3 is 0 Å². The summed E-state index contributed by atoms with van der Waals surface area (Å²) < 4.78 is 22.3. The first kappa shape index (κ1) is 31.0. The van der Waals surface area contributed by atoms with Gasteiger partial charge in [-0.1, -0.05) is 31.6 Å². The Morgan fingerprint density at radius 2 is 2.00 bits per heavy atom. The van der Waals surface area contributed by atoms with Crippen molar-refractivity contribution in [1.82, 2.24) is 25.3 Å². The Kier molecular flexibility index (Phi) is 9.44. The van der Waals surface area contributed by atoms with Crippen molar-refractivity contribution >= 4 is 33.9 Å². The van der Waals surface area contributed by atoms with Crippen LogP contribution in [-0.4, -0.2) is 45.0 Å². The normalized spacial score (nSPS) is 19.7. The fourth-order valence-corrected chi connectivity index (χ4v) is 6.00. The molecule has 46 heavy (non-hydrogen) atoms. The van der Waals surface area contributed by atoms with Crippen molar-refractivity contribution in [2.45, 2.75) is 58.0 Å². The zero-order chi connectivity index (χ0) is 32.0. The van der Waals surface area contributed by atoms with Gasteiger partial charge in [0.1, 0.15) is 35.6 Å². The van der Waals surface area contributed by atoms with Gasteiger partial charge in [0.15, 0.2) is 0 Å². The summed E-state index contributed by atoms with van der Waals surface area (Å²) in [5.74, 6) is 1.19. The molecule has 0 saturated heterocycles. The molecule has 3 aromatic rings. The first-order valence-electron chi connectivity index (χ1n) is 15.9. The number of halogens is 1. The molecular formula is C36H40FN7O2. The number of amides is 1. The average molecular weight is 622 g/mol. The van der Waals surface area contributed by atoms with Gasteiger partial charge in [0.05, 0.1) is 10.9 Å². The molecule has 9 nitrogen and oxygen atoms in total. The molecule has 1 unspecified atom stereocenters. The van der Waals surface area contributed by atoms with Crippen molar-refractivity contribution in [3.63, 3.8) is 0 Å². The van der Waals surface area contributed by atoms with Crippen LogP contribution in [0.2, 0.25) is 0 Å². The van der Waals surface area contributed by atoms with Crippen molar-refractivity contribution in [3.8, 4) is 5.75 Å². The van der Waals surface area contributed by atoms with Gasteiger partial charge in [0.25, 0.3) is 0 Å². The number of hydrogen-bond acceptors (Lipinski definition) is 8. The smallest absolute Gasteiger partial charge is 0.246 e. The van der Waals surface area contributed by atoms with Crippen LogP contribution in [-0.2, 0) is 4.79 Å². The van der Waals surface area contributed by atoms with Crippen LogP contribution in [0.5, 0.6) is 5.75 Å². The molecule has 1 amide bonds.